The average Bonchev–Trinajstić information content (AvgIpc) is 3.00. The molecule has 1 amide bonds. The monoisotopic (exact) mass is 413 g/mol. The second-order valence-electron chi connectivity index (χ2n) is 6.30. The van der Waals surface area contributed by atoms with Gasteiger partial charge >= 0.3 is 5.97 Å². The summed E-state index contributed by atoms with van der Waals surface area (Å²) >= 11 is 6.20. The topological polar surface area (TPSA) is 82.5 Å². The first-order valence-electron chi connectivity index (χ1n) is 8.75. The Morgan fingerprint density at radius 3 is 2.31 bits per heavy atom. The normalized spacial score (nSPS) is 10.5. The van der Waals surface area contributed by atoms with Gasteiger partial charge in [0.1, 0.15) is 5.75 Å². The van der Waals surface area contributed by atoms with E-state index in [1.807, 2.05) is 13.8 Å². The number of aryl methyl sites for hydroxylation is 1. The van der Waals surface area contributed by atoms with Gasteiger partial charge in [-0.1, -0.05) is 11.6 Å². The number of benzene rings is 2. The summed E-state index contributed by atoms with van der Waals surface area (Å²) in [5, 5.41) is 7.75. The molecule has 0 fully saturated rings. The van der Waals surface area contributed by atoms with Crippen LogP contribution in [0.2, 0.25) is 5.02 Å². The number of halogens is 1. The van der Waals surface area contributed by atoms with Gasteiger partial charge in [0.05, 0.1) is 47.6 Å². The number of amides is 1. The minimum Gasteiger partial charge on any atom is -0.497 e. The highest BCUT2D eigenvalue weighted by molar-refractivity contribution is 6.31. The van der Waals surface area contributed by atoms with Crippen molar-refractivity contribution in [1.29, 1.82) is 0 Å². The second kappa shape index (κ2) is 8.36. The minimum atomic E-state index is -0.573. The van der Waals surface area contributed by atoms with Gasteiger partial charge in [0, 0.05) is 5.56 Å². The lowest BCUT2D eigenvalue weighted by molar-refractivity contribution is 0.0601. The molecule has 0 radical (unpaired) electrons. The van der Waals surface area contributed by atoms with Crippen molar-refractivity contribution in [3.8, 4) is 11.4 Å². The Morgan fingerprint density at radius 2 is 1.76 bits per heavy atom. The molecule has 0 saturated carbocycles. The Balaban J connectivity index is 1.85. The quantitative estimate of drug-likeness (QED) is 0.634. The molecular weight excluding hydrogens is 394 g/mol. The van der Waals surface area contributed by atoms with E-state index in [0.29, 0.717) is 22.0 Å². The lowest BCUT2D eigenvalue weighted by Gasteiger charge is -2.12. The molecule has 150 valence electrons. The number of hydrogen-bond donors (Lipinski definition) is 1. The van der Waals surface area contributed by atoms with E-state index in [0.717, 1.165) is 17.1 Å². The Bertz CT molecular complexity index is 1070. The fourth-order valence-electron chi connectivity index (χ4n) is 2.86. The number of carbonyl (C=O) groups excluding carboxylic acids is 2. The summed E-state index contributed by atoms with van der Waals surface area (Å²) in [6.45, 7) is 3.71. The molecule has 8 heteroatoms. The molecule has 2 aromatic carbocycles. The van der Waals surface area contributed by atoms with Crippen LogP contribution in [0.3, 0.4) is 0 Å². The molecule has 1 N–H and O–H groups in total. The molecule has 0 saturated heterocycles. The molecule has 29 heavy (non-hydrogen) atoms. The summed E-state index contributed by atoms with van der Waals surface area (Å²) in [5.74, 6) is -0.453. The number of rotatable bonds is 5. The Morgan fingerprint density at radius 1 is 1.07 bits per heavy atom. The molecular formula is C21H20ClN3O4. The van der Waals surface area contributed by atoms with Crippen molar-refractivity contribution < 1.29 is 19.1 Å². The highest BCUT2D eigenvalue weighted by Gasteiger charge is 2.17. The fourth-order valence-corrected chi connectivity index (χ4v) is 2.98. The van der Waals surface area contributed by atoms with E-state index in [1.165, 1.54) is 20.3 Å². The number of hydrogen-bond acceptors (Lipinski definition) is 5. The third kappa shape index (κ3) is 4.09. The first-order valence-corrected chi connectivity index (χ1v) is 9.13. The standard InChI is InChI=1S/C21H20ClN3O4/c1-12-19(22)13(2)25(24-12)15-7-5-14(6-8-15)20(26)23-18-10-9-16(28-3)11-17(18)21(27)29-4/h5-11H,1-4H3,(H,23,26). The Hall–Kier alpha value is -3.32. The van der Waals surface area contributed by atoms with E-state index in [4.69, 9.17) is 21.1 Å². The van der Waals surface area contributed by atoms with Crippen LogP contribution in [0.15, 0.2) is 42.5 Å². The molecule has 0 spiro atoms. The van der Waals surface area contributed by atoms with Crippen LogP contribution < -0.4 is 10.1 Å². The summed E-state index contributed by atoms with van der Waals surface area (Å²) < 4.78 is 11.6. The maximum Gasteiger partial charge on any atom is 0.340 e. The van der Waals surface area contributed by atoms with Gasteiger partial charge in [0.15, 0.2) is 0 Å². The van der Waals surface area contributed by atoms with Gasteiger partial charge in [-0.05, 0) is 56.3 Å². The first-order chi connectivity index (χ1) is 13.8. The summed E-state index contributed by atoms with van der Waals surface area (Å²) in [7, 11) is 2.77. The van der Waals surface area contributed by atoms with E-state index in [-0.39, 0.29) is 11.5 Å². The maximum atomic E-state index is 12.7. The van der Waals surface area contributed by atoms with E-state index in [9.17, 15) is 9.59 Å². The minimum absolute atomic E-state index is 0.203. The van der Waals surface area contributed by atoms with Crippen molar-refractivity contribution >= 4 is 29.2 Å². The second-order valence-corrected chi connectivity index (χ2v) is 6.68. The van der Waals surface area contributed by atoms with Crippen LogP contribution in [-0.4, -0.2) is 35.9 Å². The van der Waals surface area contributed by atoms with E-state index in [2.05, 4.69) is 10.4 Å². The van der Waals surface area contributed by atoms with Gasteiger partial charge in [-0.15, -0.1) is 0 Å². The van der Waals surface area contributed by atoms with Crippen LogP contribution in [0.1, 0.15) is 32.1 Å². The van der Waals surface area contributed by atoms with Gasteiger partial charge in [-0.2, -0.15) is 5.10 Å². The van der Waals surface area contributed by atoms with Crippen LogP contribution in [0, 0.1) is 13.8 Å². The lowest BCUT2D eigenvalue weighted by Crippen LogP contribution is -2.15. The van der Waals surface area contributed by atoms with Gasteiger partial charge < -0.3 is 14.8 Å². The van der Waals surface area contributed by atoms with Gasteiger partial charge in [0.25, 0.3) is 5.91 Å². The smallest absolute Gasteiger partial charge is 0.340 e. The SMILES string of the molecule is COC(=O)c1cc(OC)ccc1NC(=O)c1ccc(-n2nc(C)c(Cl)c2C)cc1. The molecule has 3 aromatic rings. The number of carbonyl (C=O) groups is 2. The van der Waals surface area contributed by atoms with Crippen molar-refractivity contribution in [2.75, 3.05) is 19.5 Å². The van der Waals surface area contributed by atoms with Crippen molar-refractivity contribution in [3.63, 3.8) is 0 Å². The number of nitrogens with one attached hydrogen (secondary N) is 1. The predicted molar refractivity (Wildman–Crippen MR) is 110 cm³/mol. The van der Waals surface area contributed by atoms with Crippen molar-refractivity contribution in [2.45, 2.75) is 13.8 Å². The molecule has 1 heterocycles. The van der Waals surface area contributed by atoms with Crippen LogP contribution >= 0.6 is 11.6 Å². The van der Waals surface area contributed by atoms with Crippen molar-refractivity contribution in [2.24, 2.45) is 0 Å². The number of esters is 1. The van der Waals surface area contributed by atoms with E-state index in [1.54, 1.807) is 41.1 Å². The summed E-state index contributed by atoms with van der Waals surface area (Å²) in [5.41, 5.74) is 3.30. The number of methoxy groups -OCH3 is 2. The van der Waals surface area contributed by atoms with Crippen LogP contribution in [0.5, 0.6) is 5.75 Å². The van der Waals surface area contributed by atoms with Crippen molar-refractivity contribution in [3.05, 3.63) is 70.0 Å². The summed E-state index contributed by atoms with van der Waals surface area (Å²) in [6.07, 6.45) is 0. The molecule has 0 aliphatic rings. The molecule has 1 aromatic heterocycles. The Labute approximate surface area is 173 Å². The molecule has 3 rings (SSSR count). The maximum absolute atomic E-state index is 12.7. The third-order valence-electron chi connectivity index (χ3n) is 4.46. The predicted octanol–water partition coefficient (Wildman–Crippen LogP) is 4.19. The summed E-state index contributed by atoms with van der Waals surface area (Å²) in [4.78, 5) is 24.7. The van der Waals surface area contributed by atoms with Gasteiger partial charge in [0.2, 0.25) is 0 Å². The lowest BCUT2D eigenvalue weighted by atomic mass is 10.1. The first kappa shape index (κ1) is 20.4. The van der Waals surface area contributed by atoms with Crippen LogP contribution in [0.25, 0.3) is 5.69 Å². The average molecular weight is 414 g/mol. The number of aromatic nitrogens is 2. The fraction of sp³-hybridized carbons (Fsp3) is 0.190. The highest BCUT2D eigenvalue weighted by atomic mass is 35.5. The zero-order chi connectivity index (χ0) is 21.1. The van der Waals surface area contributed by atoms with Gasteiger partial charge in [-0.3, -0.25) is 4.79 Å². The largest absolute Gasteiger partial charge is 0.497 e. The molecule has 0 atom stereocenters. The zero-order valence-electron chi connectivity index (χ0n) is 16.4. The van der Waals surface area contributed by atoms with Crippen molar-refractivity contribution in [1.82, 2.24) is 9.78 Å². The molecule has 0 unspecified atom stereocenters. The summed E-state index contributed by atoms with van der Waals surface area (Å²) in [6, 6.07) is 11.7. The Kier molecular flexibility index (Phi) is 5.89. The van der Waals surface area contributed by atoms with E-state index >= 15 is 0 Å². The number of anilines is 1. The molecule has 7 nitrogen and oxygen atoms in total. The van der Waals surface area contributed by atoms with Gasteiger partial charge in [-0.25, -0.2) is 9.48 Å². The number of nitrogens with zero attached hydrogens (tertiary/aromatic N) is 2. The number of ether oxygens (including phenoxy) is 2. The van der Waals surface area contributed by atoms with E-state index < -0.39 is 5.97 Å². The van der Waals surface area contributed by atoms with Crippen LogP contribution in [0.4, 0.5) is 5.69 Å². The van der Waals surface area contributed by atoms with Crippen LogP contribution in [-0.2, 0) is 4.74 Å². The third-order valence-corrected chi connectivity index (χ3v) is 5.00. The molecule has 0 aliphatic heterocycles. The molecule has 0 bridgehead atoms. The molecule has 0 aliphatic carbocycles. The zero-order valence-corrected chi connectivity index (χ0v) is 17.2. The highest BCUT2D eigenvalue weighted by Crippen LogP contribution is 2.25.